The number of sulfonamides is 1. The topological polar surface area (TPSA) is 91.4 Å². The van der Waals surface area contributed by atoms with Crippen molar-refractivity contribution >= 4 is 33.4 Å². The molecule has 1 heterocycles. The van der Waals surface area contributed by atoms with E-state index in [9.17, 15) is 17.6 Å². The molecule has 1 unspecified atom stereocenters. The molecule has 0 aliphatic rings. The van der Waals surface area contributed by atoms with Gasteiger partial charge in [0.2, 0.25) is 15.9 Å². The van der Waals surface area contributed by atoms with Crippen LogP contribution in [0.2, 0.25) is 0 Å². The molecule has 7 nitrogen and oxygen atoms in total. The van der Waals surface area contributed by atoms with Crippen LogP contribution in [0.4, 0.5) is 10.1 Å². The van der Waals surface area contributed by atoms with Gasteiger partial charge in [0.05, 0.1) is 17.9 Å². The first-order valence-electron chi connectivity index (χ1n) is 11.5. The van der Waals surface area contributed by atoms with Crippen molar-refractivity contribution in [3.8, 4) is 0 Å². The first kappa shape index (κ1) is 29.1. The number of amides is 1. The van der Waals surface area contributed by atoms with Crippen LogP contribution in [0, 0.1) is 5.82 Å². The van der Waals surface area contributed by atoms with Gasteiger partial charge >= 0.3 is 0 Å². The minimum absolute atomic E-state index is 0.0859. The van der Waals surface area contributed by atoms with Crippen molar-refractivity contribution in [2.75, 3.05) is 37.4 Å². The molecule has 1 atom stereocenters. The quantitative estimate of drug-likeness (QED) is 0.335. The number of nitrogens with one attached hydrogen (secondary N) is 2. The summed E-state index contributed by atoms with van der Waals surface area (Å²) in [4.78, 5) is 19.9. The van der Waals surface area contributed by atoms with Gasteiger partial charge in [0.25, 0.3) is 0 Å². The van der Waals surface area contributed by atoms with Crippen LogP contribution in [0.5, 0.6) is 0 Å². The van der Waals surface area contributed by atoms with Crippen LogP contribution in [0.25, 0.3) is 0 Å². The number of hydrogen-bond donors (Lipinski definition) is 2. The molecule has 0 saturated heterocycles. The number of carbonyl (C=O) groups is 1. The van der Waals surface area contributed by atoms with Gasteiger partial charge in [-0.05, 0) is 57.7 Å². The molecular weight excluding hydrogens is 487 g/mol. The van der Waals surface area contributed by atoms with E-state index < -0.39 is 21.8 Å². The Morgan fingerprint density at radius 1 is 1.20 bits per heavy atom. The van der Waals surface area contributed by atoms with Gasteiger partial charge in [0.15, 0.2) is 0 Å². The summed E-state index contributed by atoms with van der Waals surface area (Å²) >= 11 is 1.69. The highest BCUT2D eigenvalue weighted by Gasteiger charge is 2.20. The Morgan fingerprint density at radius 2 is 1.89 bits per heavy atom. The van der Waals surface area contributed by atoms with Gasteiger partial charge in [-0.3, -0.25) is 9.52 Å². The minimum atomic E-state index is -3.60. The van der Waals surface area contributed by atoms with Gasteiger partial charge in [-0.25, -0.2) is 17.8 Å². The van der Waals surface area contributed by atoms with E-state index >= 15 is 0 Å². The maximum atomic E-state index is 14.4. The van der Waals surface area contributed by atoms with Crippen molar-refractivity contribution < 1.29 is 17.6 Å². The number of rotatable bonds is 11. The minimum Gasteiger partial charge on any atom is -0.351 e. The molecule has 194 valence electrons. The second-order valence-corrected chi connectivity index (χ2v) is 12.8. The number of thioether (sulfide) groups is 1. The lowest BCUT2D eigenvalue weighted by Crippen LogP contribution is -2.28. The van der Waals surface area contributed by atoms with Crippen molar-refractivity contribution in [2.45, 2.75) is 57.0 Å². The van der Waals surface area contributed by atoms with Crippen molar-refractivity contribution in [2.24, 2.45) is 0 Å². The molecule has 1 aromatic heterocycles. The summed E-state index contributed by atoms with van der Waals surface area (Å²) in [5.74, 6) is -0.680. The molecule has 0 spiro atoms. The highest BCUT2D eigenvalue weighted by molar-refractivity contribution is 7.99. The third kappa shape index (κ3) is 9.42. The molecule has 0 aliphatic heterocycles. The number of halogens is 1. The number of hydrogen-bond acceptors (Lipinski definition) is 6. The van der Waals surface area contributed by atoms with E-state index in [1.165, 1.54) is 12.1 Å². The largest absolute Gasteiger partial charge is 0.351 e. The van der Waals surface area contributed by atoms with E-state index in [4.69, 9.17) is 4.98 Å². The van der Waals surface area contributed by atoms with Gasteiger partial charge in [-0.2, -0.15) is 0 Å². The van der Waals surface area contributed by atoms with Crippen LogP contribution in [0.1, 0.15) is 56.9 Å². The van der Waals surface area contributed by atoms with Gasteiger partial charge in [0.1, 0.15) is 10.8 Å². The van der Waals surface area contributed by atoms with Crippen LogP contribution in [0.15, 0.2) is 35.4 Å². The Balaban J connectivity index is 2.12. The summed E-state index contributed by atoms with van der Waals surface area (Å²) < 4.78 is 39.2. The molecule has 1 aromatic carbocycles. The number of benzene rings is 1. The predicted octanol–water partition coefficient (Wildman–Crippen LogP) is 4.35. The lowest BCUT2D eigenvalue weighted by molar-refractivity contribution is -0.122. The van der Waals surface area contributed by atoms with Crippen LogP contribution in [0.3, 0.4) is 0 Å². The van der Waals surface area contributed by atoms with Gasteiger partial charge in [0, 0.05) is 29.0 Å². The molecule has 1 amide bonds. The molecule has 2 rings (SSSR count). The summed E-state index contributed by atoms with van der Waals surface area (Å²) in [7, 11) is 0.500. The normalized spacial score (nSPS) is 13.1. The molecule has 0 aliphatic carbocycles. The average Bonchev–Trinajstić information content (AvgIpc) is 2.74. The van der Waals surface area contributed by atoms with Crippen molar-refractivity contribution in [1.82, 2.24) is 15.2 Å². The monoisotopic (exact) mass is 524 g/mol. The van der Waals surface area contributed by atoms with E-state index in [2.05, 4.69) is 35.7 Å². The van der Waals surface area contributed by atoms with Crippen LogP contribution in [-0.2, 0) is 26.8 Å². The van der Waals surface area contributed by atoms with Crippen LogP contribution < -0.4 is 10.0 Å². The third-order valence-electron chi connectivity index (χ3n) is 5.33. The summed E-state index contributed by atoms with van der Waals surface area (Å²) in [6, 6.07) is 8.07. The average molecular weight is 525 g/mol. The second kappa shape index (κ2) is 12.2. The molecule has 10 heteroatoms. The third-order valence-corrected chi connectivity index (χ3v) is 7.04. The standard InChI is InChI=1S/C25H37FN4O3S2/c1-17(18-9-11-21(20(26)15-18)29-35(7,32)33)23(31)27-16-19-10-12-22(25(2,3)4)28-24(19)34-14-8-13-30(5)6/h9-12,15,17,29H,8,13-14,16H2,1-7H3,(H,27,31). The Labute approximate surface area is 213 Å². The molecule has 0 saturated carbocycles. The number of nitrogens with zero attached hydrogens (tertiary/aromatic N) is 2. The van der Waals surface area contributed by atoms with Crippen molar-refractivity contribution in [1.29, 1.82) is 0 Å². The van der Waals surface area contributed by atoms with Crippen molar-refractivity contribution in [3.05, 3.63) is 53.0 Å². The molecule has 0 fully saturated rings. The van der Waals surface area contributed by atoms with Gasteiger partial charge in [-0.15, -0.1) is 11.8 Å². The SMILES string of the molecule is CC(C(=O)NCc1ccc(C(C)(C)C)nc1SCCCN(C)C)c1ccc(NS(C)(=O)=O)c(F)c1. The fraction of sp³-hybridized carbons (Fsp3) is 0.520. The summed E-state index contributed by atoms with van der Waals surface area (Å²) in [6.07, 6.45) is 1.98. The van der Waals surface area contributed by atoms with Gasteiger partial charge < -0.3 is 10.2 Å². The van der Waals surface area contributed by atoms with Crippen LogP contribution >= 0.6 is 11.8 Å². The smallest absolute Gasteiger partial charge is 0.229 e. The molecule has 2 N–H and O–H groups in total. The zero-order valence-electron chi connectivity index (χ0n) is 21.6. The van der Waals surface area contributed by atoms with Crippen LogP contribution in [-0.4, -0.2) is 56.9 Å². The van der Waals surface area contributed by atoms with E-state index in [1.54, 1.807) is 24.8 Å². The predicted molar refractivity (Wildman–Crippen MR) is 142 cm³/mol. The highest BCUT2D eigenvalue weighted by atomic mass is 32.2. The molecule has 35 heavy (non-hydrogen) atoms. The fourth-order valence-corrected chi connectivity index (χ4v) is 4.79. The number of pyridine rings is 1. The Hall–Kier alpha value is -2.17. The lowest BCUT2D eigenvalue weighted by Gasteiger charge is -2.20. The first-order chi connectivity index (χ1) is 16.2. The van der Waals surface area contributed by atoms with Crippen molar-refractivity contribution in [3.63, 3.8) is 0 Å². The van der Waals surface area contributed by atoms with E-state index in [0.717, 1.165) is 41.3 Å². The molecular formula is C25H37FN4O3S2. The maximum absolute atomic E-state index is 14.4. The Kier molecular flexibility index (Phi) is 10.1. The Bertz CT molecular complexity index is 1130. The zero-order chi connectivity index (χ0) is 26.4. The maximum Gasteiger partial charge on any atom is 0.229 e. The second-order valence-electron chi connectivity index (χ2n) is 9.97. The summed E-state index contributed by atoms with van der Waals surface area (Å²) in [5.41, 5.74) is 2.15. The summed E-state index contributed by atoms with van der Waals surface area (Å²) in [6.45, 7) is 9.35. The molecule has 0 bridgehead atoms. The number of anilines is 1. The highest BCUT2D eigenvalue weighted by Crippen LogP contribution is 2.28. The fourth-order valence-electron chi connectivity index (χ4n) is 3.27. The first-order valence-corrected chi connectivity index (χ1v) is 14.4. The zero-order valence-corrected chi connectivity index (χ0v) is 23.2. The lowest BCUT2D eigenvalue weighted by atomic mass is 9.91. The molecule has 0 radical (unpaired) electrons. The Morgan fingerprint density at radius 3 is 2.46 bits per heavy atom. The molecule has 2 aromatic rings. The summed E-state index contributed by atoms with van der Waals surface area (Å²) in [5, 5.41) is 3.85. The van der Waals surface area contributed by atoms with E-state index in [-0.39, 0.29) is 17.0 Å². The van der Waals surface area contributed by atoms with E-state index in [1.807, 2.05) is 26.2 Å². The number of carbonyl (C=O) groups excluding carboxylic acids is 1. The van der Waals surface area contributed by atoms with E-state index in [0.29, 0.717) is 12.1 Å². The van der Waals surface area contributed by atoms with Gasteiger partial charge in [-0.1, -0.05) is 32.9 Å². The number of aromatic nitrogens is 1.